The van der Waals surface area contributed by atoms with Gasteiger partial charge in [-0.25, -0.2) is 0 Å². The van der Waals surface area contributed by atoms with E-state index in [1.165, 1.54) is 38.5 Å². The van der Waals surface area contributed by atoms with E-state index in [0.717, 1.165) is 12.5 Å². The molecule has 1 fully saturated rings. The number of rotatable bonds is 3. The Bertz CT molecular complexity index is 191. The van der Waals surface area contributed by atoms with Gasteiger partial charge in [0.15, 0.2) is 0 Å². The average Bonchev–Trinajstić information content (AvgIpc) is 2.46. The van der Waals surface area contributed by atoms with Crippen molar-refractivity contribution in [3.05, 3.63) is 0 Å². The Kier molecular flexibility index (Phi) is 5.71. The number of hydrogen-bond acceptors (Lipinski definition) is 1. The van der Waals surface area contributed by atoms with Gasteiger partial charge in [-0.2, -0.15) is 0 Å². The van der Waals surface area contributed by atoms with E-state index in [4.69, 9.17) is 0 Å². The van der Waals surface area contributed by atoms with Crippen LogP contribution in [0.2, 0.25) is 0 Å². The van der Waals surface area contributed by atoms with Crippen molar-refractivity contribution < 1.29 is 0 Å². The van der Waals surface area contributed by atoms with Crippen LogP contribution in [0.15, 0.2) is 0 Å². The van der Waals surface area contributed by atoms with Crippen molar-refractivity contribution in [2.75, 3.05) is 6.54 Å². The molecule has 0 radical (unpaired) electrons. The Morgan fingerprint density at radius 2 is 1.86 bits per heavy atom. The van der Waals surface area contributed by atoms with Crippen molar-refractivity contribution in [1.82, 2.24) is 5.32 Å². The van der Waals surface area contributed by atoms with Gasteiger partial charge in [-0.05, 0) is 32.6 Å². The third-order valence-electron chi connectivity index (χ3n) is 3.30. The normalized spacial score (nSPS) is 20.7. The van der Waals surface area contributed by atoms with Crippen LogP contribution < -0.4 is 5.32 Å². The smallest absolute Gasteiger partial charge is 0.0578 e. The van der Waals surface area contributed by atoms with Gasteiger partial charge in [0.05, 0.1) is 6.54 Å². The highest BCUT2D eigenvalue weighted by molar-refractivity contribution is 4.97. The molecule has 0 unspecified atom stereocenters. The molecule has 1 saturated carbocycles. The Morgan fingerprint density at radius 3 is 2.43 bits per heavy atom. The third-order valence-corrected chi connectivity index (χ3v) is 3.30. The molecule has 1 aliphatic rings. The first-order valence-electron chi connectivity index (χ1n) is 5.97. The molecule has 14 heavy (non-hydrogen) atoms. The van der Waals surface area contributed by atoms with E-state index in [2.05, 4.69) is 24.1 Å². The van der Waals surface area contributed by atoms with Crippen LogP contribution >= 0.6 is 0 Å². The third kappa shape index (κ3) is 4.15. The van der Waals surface area contributed by atoms with E-state index in [1.54, 1.807) is 0 Å². The van der Waals surface area contributed by atoms with Crippen LogP contribution in [0.1, 0.15) is 52.4 Å². The molecule has 0 aliphatic heterocycles. The summed E-state index contributed by atoms with van der Waals surface area (Å²) >= 11 is 0. The highest BCUT2D eigenvalue weighted by atomic mass is 14.9. The molecule has 0 saturated heterocycles. The first-order valence-corrected chi connectivity index (χ1v) is 5.97. The van der Waals surface area contributed by atoms with Crippen molar-refractivity contribution in [2.24, 2.45) is 5.92 Å². The fourth-order valence-corrected chi connectivity index (χ4v) is 2.28. The predicted octanol–water partition coefficient (Wildman–Crippen LogP) is 2.96. The maximum atomic E-state index is 3.51. The van der Waals surface area contributed by atoms with Crippen LogP contribution in [0.25, 0.3) is 0 Å². The molecule has 0 aromatic rings. The van der Waals surface area contributed by atoms with Gasteiger partial charge in [0.1, 0.15) is 0 Å². The second kappa shape index (κ2) is 6.90. The van der Waals surface area contributed by atoms with E-state index in [9.17, 15) is 0 Å². The topological polar surface area (TPSA) is 12.0 Å². The first-order chi connectivity index (χ1) is 6.84. The van der Waals surface area contributed by atoms with Crippen LogP contribution in [-0.2, 0) is 0 Å². The Labute approximate surface area is 88.7 Å². The molecular formula is C13H23N. The minimum atomic E-state index is 0.647. The van der Waals surface area contributed by atoms with Crippen LogP contribution in [0, 0.1) is 17.8 Å². The van der Waals surface area contributed by atoms with Crippen molar-refractivity contribution in [2.45, 2.75) is 58.4 Å². The van der Waals surface area contributed by atoms with E-state index in [1.807, 2.05) is 6.92 Å². The summed E-state index contributed by atoms with van der Waals surface area (Å²) < 4.78 is 0. The van der Waals surface area contributed by atoms with Gasteiger partial charge >= 0.3 is 0 Å². The molecule has 80 valence electrons. The zero-order valence-electron chi connectivity index (χ0n) is 9.60. The van der Waals surface area contributed by atoms with Crippen LogP contribution in [0.4, 0.5) is 0 Å². The number of hydrogen-bond donors (Lipinski definition) is 1. The van der Waals surface area contributed by atoms with Crippen molar-refractivity contribution in [1.29, 1.82) is 0 Å². The lowest BCUT2D eigenvalue weighted by Crippen LogP contribution is -2.33. The Morgan fingerprint density at radius 1 is 1.21 bits per heavy atom. The van der Waals surface area contributed by atoms with E-state index in [-0.39, 0.29) is 0 Å². The van der Waals surface area contributed by atoms with Gasteiger partial charge in [0.25, 0.3) is 0 Å². The summed E-state index contributed by atoms with van der Waals surface area (Å²) in [5, 5.41) is 3.51. The molecule has 0 bridgehead atoms. The second-order valence-electron chi connectivity index (χ2n) is 4.35. The highest BCUT2D eigenvalue weighted by Crippen LogP contribution is 2.25. The molecule has 1 aliphatic carbocycles. The fraction of sp³-hybridized carbons (Fsp3) is 0.846. The van der Waals surface area contributed by atoms with Crippen LogP contribution in [0.5, 0.6) is 0 Å². The van der Waals surface area contributed by atoms with Crippen molar-refractivity contribution in [3.8, 4) is 11.8 Å². The fourth-order valence-electron chi connectivity index (χ4n) is 2.28. The van der Waals surface area contributed by atoms with Gasteiger partial charge in [-0.3, -0.25) is 0 Å². The second-order valence-corrected chi connectivity index (χ2v) is 4.35. The summed E-state index contributed by atoms with van der Waals surface area (Å²) in [6.07, 6.45) is 8.56. The minimum absolute atomic E-state index is 0.647. The molecule has 1 nitrogen and oxygen atoms in total. The summed E-state index contributed by atoms with van der Waals surface area (Å²) in [5.41, 5.74) is 0. The molecule has 0 aromatic carbocycles. The summed E-state index contributed by atoms with van der Waals surface area (Å²) in [4.78, 5) is 0. The molecule has 1 rings (SSSR count). The van der Waals surface area contributed by atoms with Crippen molar-refractivity contribution in [3.63, 3.8) is 0 Å². The quantitative estimate of drug-likeness (QED) is 0.537. The van der Waals surface area contributed by atoms with E-state index < -0.39 is 0 Å². The molecule has 0 spiro atoms. The van der Waals surface area contributed by atoms with E-state index in [0.29, 0.717) is 6.04 Å². The Hall–Kier alpha value is -0.480. The molecule has 0 heterocycles. The summed E-state index contributed by atoms with van der Waals surface area (Å²) in [5.74, 6) is 6.88. The SMILES string of the molecule is CC#CCN[C@H](C)C1CCCCCC1. The Balaban J connectivity index is 2.25. The van der Waals surface area contributed by atoms with Gasteiger partial charge in [0, 0.05) is 6.04 Å². The molecule has 0 aromatic heterocycles. The molecule has 1 heteroatoms. The number of nitrogens with one attached hydrogen (secondary N) is 1. The average molecular weight is 193 g/mol. The minimum Gasteiger partial charge on any atom is -0.303 e. The lowest BCUT2D eigenvalue weighted by molar-refractivity contribution is 0.348. The lowest BCUT2D eigenvalue weighted by atomic mass is 9.93. The zero-order chi connectivity index (χ0) is 10.2. The molecule has 0 amide bonds. The summed E-state index contributed by atoms with van der Waals surface area (Å²) in [6, 6.07) is 0.647. The zero-order valence-corrected chi connectivity index (χ0v) is 9.60. The molecule has 1 N–H and O–H groups in total. The maximum Gasteiger partial charge on any atom is 0.0578 e. The van der Waals surface area contributed by atoms with Crippen LogP contribution in [-0.4, -0.2) is 12.6 Å². The van der Waals surface area contributed by atoms with Crippen LogP contribution in [0.3, 0.4) is 0 Å². The molecule has 1 atom stereocenters. The standard InChI is InChI=1S/C13H23N/c1-3-4-11-14-12(2)13-9-7-5-6-8-10-13/h12-14H,5-11H2,1-2H3/t12-/m1/s1. The lowest BCUT2D eigenvalue weighted by Gasteiger charge is -2.22. The van der Waals surface area contributed by atoms with Gasteiger partial charge in [-0.15, -0.1) is 5.92 Å². The first kappa shape index (κ1) is 11.6. The maximum absolute atomic E-state index is 3.51. The predicted molar refractivity (Wildman–Crippen MR) is 62.1 cm³/mol. The summed E-state index contributed by atoms with van der Waals surface area (Å²) in [7, 11) is 0. The monoisotopic (exact) mass is 193 g/mol. The van der Waals surface area contributed by atoms with Gasteiger partial charge in [-0.1, -0.05) is 31.6 Å². The largest absolute Gasteiger partial charge is 0.303 e. The molecular weight excluding hydrogens is 170 g/mol. The highest BCUT2D eigenvalue weighted by Gasteiger charge is 2.17. The van der Waals surface area contributed by atoms with Gasteiger partial charge in [0.2, 0.25) is 0 Å². The van der Waals surface area contributed by atoms with Gasteiger partial charge < -0.3 is 5.32 Å². The summed E-state index contributed by atoms with van der Waals surface area (Å²) in [6.45, 7) is 5.07. The van der Waals surface area contributed by atoms with Crippen molar-refractivity contribution >= 4 is 0 Å². The van der Waals surface area contributed by atoms with E-state index >= 15 is 0 Å².